The number of ether oxygens (including phenoxy) is 1. The van der Waals surface area contributed by atoms with Crippen LogP contribution in [0.2, 0.25) is 0 Å². The Kier molecular flexibility index (Phi) is 6.69. The second-order valence-corrected chi connectivity index (χ2v) is 16.3. The molecule has 8 atom stereocenters. The van der Waals surface area contributed by atoms with Gasteiger partial charge in [0.25, 0.3) is 0 Å². The summed E-state index contributed by atoms with van der Waals surface area (Å²) >= 11 is 0. The molecule has 4 saturated carbocycles. The minimum atomic E-state index is -1.10. The van der Waals surface area contributed by atoms with Gasteiger partial charge in [0.15, 0.2) is 0 Å². The van der Waals surface area contributed by atoms with Gasteiger partial charge in [-0.15, -0.1) is 0 Å². The average Bonchev–Trinajstić information content (AvgIpc) is 2.85. The highest BCUT2D eigenvalue weighted by Crippen LogP contribution is 2.75. The van der Waals surface area contributed by atoms with Crippen molar-refractivity contribution in [1.29, 1.82) is 0 Å². The zero-order valence-electron chi connectivity index (χ0n) is 26.4. The largest absolute Gasteiger partial charge is 0.481 e. The van der Waals surface area contributed by atoms with Crippen molar-refractivity contribution in [1.82, 2.24) is 0 Å². The molecule has 0 unspecified atom stereocenters. The molecule has 0 aliphatic heterocycles. The summed E-state index contributed by atoms with van der Waals surface area (Å²) in [6.07, 6.45) is 10.9. The van der Waals surface area contributed by atoms with Gasteiger partial charge in [0.2, 0.25) is 0 Å². The molecule has 5 aliphatic carbocycles. The lowest BCUT2D eigenvalue weighted by Crippen LogP contribution is -2.66. The number of rotatable bonds is 3. The van der Waals surface area contributed by atoms with Crippen LogP contribution in [0, 0.1) is 50.2 Å². The van der Waals surface area contributed by atoms with E-state index in [2.05, 4.69) is 54.5 Å². The Morgan fingerprint density at radius 1 is 0.975 bits per heavy atom. The second-order valence-electron chi connectivity index (χ2n) is 16.3. The Labute approximate surface area is 241 Å². The van der Waals surface area contributed by atoms with E-state index >= 15 is 0 Å². The van der Waals surface area contributed by atoms with E-state index in [4.69, 9.17) is 4.74 Å². The first kappa shape index (κ1) is 29.6. The number of allylic oxidation sites excluding steroid dienone is 3. The fraction of sp³-hybridized carbons (Fsp3) is 0.800. The van der Waals surface area contributed by atoms with Gasteiger partial charge in [0.05, 0.1) is 0 Å². The van der Waals surface area contributed by atoms with E-state index in [-0.39, 0.29) is 33.0 Å². The lowest BCUT2D eigenvalue weighted by Gasteiger charge is -2.70. The molecule has 5 heteroatoms. The third-order valence-electron chi connectivity index (χ3n) is 13.8. The summed E-state index contributed by atoms with van der Waals surface area (Å²) in [4.78, 5) is 39.4. The highest BCUT2D eigenvalue weighted by Gasteiger charge is 2.71. The highest BCUT2D eigenvalue weighted by atomic mass is 16.5. The van der Waals surface area contributed by atoms with Crippen LogP contribution in [0.1, 0.15) is 120 Å². The average molecular weight is 553 g/mol. The standard InChI is InChI=1S/C35H52O5/c1-10-21(2)28(37)40-27-20-30(3,4)19-23-22-11-12-25-32(7)15-14-26(36)31(5,6)24(32)13-16-34(25,9)33(22,8)17-18-35(23,27)29(38)39/h10-11,23-25,27H,12-20H2,1-9H3,(H,38,39)/b21-10-/t23-,24-,25-,27-,32-,33+,34-,35+/m0/s1. The number of aliphatic carboxylic acids is 1. The molecule has 0 saturated heterocycles. The molecule has 0 aromatic rings. The van der Waals surface area contributed by atoms with E-state index < -0.39 is 23.5 Å². The van der Waals surface area contributed by atoms with Crippen molar-refractivity contribution >= 4 is 17.7 Å². The lowest BCUT2D eigenvalue weighted by molar-refractivity contribution is -0.206. The third-order valence-corrected chi connectivity index (χ3v) is 13.8. The van der Waals surface area contributed by atoms with Crippen LogP contribution in [0.3, 0.4) is 0 Å². The van der Waals surface area contributed by atoms with Gasteiger partial charge >= 0.3 is 11.9 Å². The fourth-order valence-corrected chi connectivity index (χ4v) is 11.1. The number of hydrogen-bond acceptors (Lipinski definition) is 4. The molecule has 5 aliphatic rings. The summed E-state index contributed by atoms with van der Waals surface area (Å²) in [5.74, 6) is -0.125. The summed E-state index contributed by atoms with van der Waals surface area (Å²) in [7, 11) is 0. The summed E-state index contributed by atoms with van der Waals surface area (Å²) in [6, 6.07) is 0. The van der Waals surface area contributed by atoms with Crippen LogP contribution in [0.4, 0.5) is 0 Å². The SMILES string of the molecule is C/C=C(/C)C(=O)O[C@H]1CC(C)(C)C[C@H]2C3=CC[C@H]4[C@@]5(C)CCC(=O)C(C)(C)[C@@H]5CC[C@]4(C)[C@]3(C)CC[C@]12C(=O)O. The Morgan fingerprint density at radius 2 is 1.65 bits per heavy atom. The van der Waals surface area contributed by atoms with Crippen LogP contribution in [0.15, 0.2) is 23.3 Å². The summed E-state index contributed by atoms with van der Waals surface area (Å²) in [6.45, 7) is 19.7. The molecule has 5 nitrogen and oxygen atoms in total. The maximum Gasteiger partial charge on any atom is 0.333 e. The van der Waals surface area contributed by atoms with E-state index in [0.29, 0.717) is 42.5 Å². The van der Waals surface area contributed by atoms with E-state index in [0.717, 1.165) is 38.5 Å². The summed E-state index contributed by atoms with van der Waals surface area (Å²) < 4.78 is 6.13. The predicted molar refractivity (Wildman–Crippen MR) is 156 cm³/mol. The summed E-state index contributed by atoms with van der Waals surface area (Å²) in [5.41, 5.74) is 0.279. The Bertz CT molecular complexity index is 1190. The predicted octanol–water partition coefficient (Wildman–Crippen LogP) is 7.93. The van der Waals surface area contributed by atoms with Crippen molar-refractivity contribution < 1.29 is 24.2 Å². The smallest absolute Gasteiger partial charge is 0.333 e. The molecular weight excluding hydrogens is 500 g/mol. The molecule has 0 bridgehead atoms. The van der Waals surface area contributed by atoms with Crippen LogP contribution in [-0.4, -0.2) is 28.9 Å². The minimum absolute atomic E-state index is 0.0266. The molecule has 40 heavy (non-hydrogen) atoms. The maximum atomic E-state index is 13.4. The van der Waals surface area contributed by atoms with E-state index in [1.54, 1.807) is 13.0 Å². The first-order chi connectivity index (χ1) is 18.4. The van der Waals surface area contributed by atoms with Crippen molar-refractivity contribution in [3.8, 4) is 0 Å². The minimum Gasteiger partial charge on any atom is -0.481 e. The van der Waals surface area contributed by atoms with E-state index in [9.17, 15) is 19.5 Å². The number of carboxylic acid groups (broad SMARTS) is 1. The normalized spacial score (nSPS) is 45.7. The number of carboxylic acids is 1. The molecule has 0 aromatic heterocycles. The Balaban J connectivity index is 1.60. The maximum absolute atomic E-state index is 13.4. The van der Waals surface area contributed by atoms with Gasteiger partial charge in [-0.1, -0.05) is 66.2 Å². The number of ketones is 1. The Hall–Kier alpha value is -1.91. The topological polar surface area (TPSA) is 80.7 Å². The molecule has 4 fully saturated rings. The first-order valence-corrected chi connectivity index (χ1v) is 15.7. The third kappa shape index (κ3) is 3.73. The number of esters is 1. The molecule has 0 aromatic carbocycles. The van der Waals surface area contributed by atoms with Gasteiger partial charge in [0.1, 0.15) is 17.3 Å². The van der Waals surface area contributed by atoms with Crippen molar-refractivity contribution in [3.05, 3.63) is 23.3 Å². The van der Waals surface area contributed by atoms with E-state index in [1.165, 1.54) is 5.57 Å². The van der Waals surface area contributed by atoms with Gasteiger partial charge in [0, 0.05) is 23.3 Å². The molecule has 0 amide bonds. The van der Waals surface area contributed by atoms with Crippen molar-refractivity contribution in [2.45, 2.75) is 126 Å². The monoisotopic (exact) mass is 552 g/mol. The van der Waals surface area contributed by atoms with Crippen LogP contribution in [0.5, 0.6) is 0 Å². The van der Waals surface area contributed by atoms with Crippen LogP contribution in [0.25, 0.3) is 0 Å². The molecule has 0 spiro atoms. The highest BCUT2D eigenvalue weighted by molar-refractivity contribution is 5.88. The van der Waals surface area contributed by atoms with Gasteiger partial charge in [-0.2, -0.15) is 0 Å². The second kappa shape index (κ2) is 9.04. The molecule has 222 valence electrons. The zero-order chi connectivity index (χ0) is 29.7. The van der Waals surface area contributed by atoms with Crippen molar-refractivity contribution in [3.63, 3.8) is 0 Å². The quantitative estimate of drug-likeness (QED) is 0.218. The Morgan fingerprint density at radius 3 is 2.27 bits per heavy atom. The number of Topliss-reactive ketones (excluding diaryl/α,β-unsaturated/α-hetero) is 1. The molecular formula is C35H52O5. The number of carbonyl (C=O) groups excluding carboxylic acids is 2. The van der Waals surface area contributed by atoms with Crippen LogP contribution in [-0.2, 0) is 19.1 Å². The van der Waals surface area contributed by atoms with Gasteiger partial charge in [-0.05, 0) is 98.7 Å². The zero-order valence-corrected chi connectivity index (χ0v) is 26.4. The van der Waals surface area contributed by atoms with Crippen LogP contribution >= 0.6 is 0 Å². The lowest BCUT2D eigenvalue weighted by atomic mass is 9.33. The number of hydrogen-bond donors (Lipinski definition) is 1. The van der Waals surface area contributed by atoms with Crippen molar-refractivity contribution in [2.24, 2.45) is 50.2 Å². The summed E-state index contributed by atoms with van der Waals surface area (Å²) in [5, 5.41) is 11.0. The molecule has 0 radical (unpaired) electrons. The molecule has 1 N–H and O–H groups in total. The van der Waals surface area contributed by atoms with E-state index in [1.807, 2.05) is 6.92 Å². The van der Waals surface area contributed by atoms with Gasteiger partial charge in [-0.3, -0.25) is 9.59 Å². The number of fused-ring (bicyclic) bond motifs is 7. The van der Waals surface area contributed by atoms with Gasteiger partial charge in [-0.25, -0.2) is 4.79 Å². The first-order valence-electron chi connectivity index (χ1n) is 15.7. The number of carbonyl (C=O) groups is 3. The van der Waals surface area contributed by atoms with Crippen molar-refractivity contribution in [2.75, 3.05) is 0 Å². The van der Waals surface area contributed by atoms with Crippen LogP contribution < -0.4 is 0 Å². The fourth-order valence-electron chi connectivity index (χ4n) is 11.1. The van der Waals surface area contributed by atoms with Gasteiger partial charge < -0.3 is 9.84 Å². The molecule has 0 heterocycles. The molecule has 5 rings (SSSR count).